The summed E-state index contributed by atoms with van der Waals surface area (Å²) in [5.41, 5.74) is 13.5. The topological polar surface area (TPSA) is 89.3 Å². The van der Waals surface area contributed by atoms with Gasteiger partial charge in [-0.05, 0) is 48.9 Å². The number of carbonyl (C=O) groups is 1. The third-order valence-corrected chi connectivity index (χ3v) is 2.70. The summed E-state index contributed by atoms with van der Waals surface area (Å²) in [5.74, 6) is -0.453. The second kappa shape index (κ2) is 4.41. The van der Waals surface area contributed by atoms with E-state index in [0.717, 1.165) is 5.56 Å². The molecule has 0 amide bonds. The van der Waals surface area contributed by atoms with E-state index in [1.54, 1.807) is 36.4 Å². The number of hydrogen-bond acceptors (Lipinski definition) is 4. The number of ketones is 1. The van der Waals surface area contributed by atoms with Crippen LogP contribution < -0.4 is 11.5 Å². The maximum atomic E-state index is 12.2. The van der Waals surface area contributed by atoms with Crippen LogP contribution in [0, 0.1) is 6.92 Å². The van der Waals surface area contributed by atoms with Crippen LogP contribution in [0.3, 0.4) is 0 Å². The van der Waals surface area contributed by atoms with Gasteiger partial charge in [-0.3, -0.25) is 4.79 Å². The molecule has 0 unspecified atom stereocenters. The molecule has 0 heterocycles. The Kier molecular flexibility index (Phi) is 2.93. The van der Waals surface area contributed by atoms with Crippen LogP contribution in [0.4, 0.5) is 11.4 Å². The number of hydrogen-bond donors (Lipinski definition) is 3. The minimum Gasteiger partial charge on any atom is -0.505 e. The summed E-state index contributed by atoms with van der Waals surface area (Å²) in [6, 6.07) is 9.76. The number of phenols is 1. The number of carbonyl (C=O) groups excluding carboxylic acids is 1. The van der Waals surface area contributed by atoms with Crippen molar-refractivity contribution >= 4 is 17.2 Å². The number of nitrogen functional groups attached to an aromatic ring is 2. The Balaban J connectivity index is 2.49. The minimum absolute atomic E-state index is 0.178. The largest absolute Gasteiger partial charge is 0.505 e. The summed E-state index contributed by atoms with van der Waals surface area (Å²) in [4.78, 5) is 12.2. The van der Waals surface area contributed by atoms with Crippen molar-refractivity contribution in [1.29, 1.82) is 0 Å². The average molecular weight is 242 g/mol. The first kappa shape index (κ1) is 12.0. The number of anilines is 2. The molecule has 2 rings (SSSR count). The molecule has 0 saturated carbocycles. The molecule has 0 radical (unpaired) electrons. The first-order valence-electron chi connectivity index (χ1n) is 5.48. The Morgan fingerprint density at radius 1 is 1.11 bits per heavy atom. The first-order chi connectivity index (χ1) is 8.49. The second-order valence-electron chi connectivity index (χ2n) is 4.20. The van der Waals surface area contributed by atoms with Gasteiger partial charge in [-0.25, -0.2) is 0 Å². The molecule has 4 heteroatoms. The van der Waals surface area contributed by atoms with Crippen molar-refractivity contribution in [3.63, 3.8) is 0 Å². The molecule has 4 nitrogen and oxygen atoms in total. The number of rotatable bonds is 2. The summed E-state index contributed by atoms with van der Waals surface area (Å²) in [6.07, 6.45) is 0. The van der Waals surface area contributed by atoms with Crippen LogP contribution in [0.25, 0.3) is 0 Å². The molecule has 0 bridgehead atoms. The molecule has 2 aromatic carbocycles. The Hall–Kier alpha value is -2.49. The van der Waals surface area contributed by atoms with Crippen molar-refractivity contribution in [3.8, 4) is 5.75 Å². The van der Waals surface area contributed by atoms with Gasteiger partial charge in [0.05, 0.1) is 11.3 Å². The van der Waals surface area contributed by atoms with E-state index in [0.29, 0.717) is 11.3 Å². The number of phenolic OH excluding ortho intramolecular Hbond substituents is 1. The van der Waals surface area contributed by atoms with Gasteiger partial charge >= 0.3 is 0 Å². The fourth-order valence-corrected chi connectivity index (χ4v) is 1.77. The third kappa shape index (κ3) is 2.13. The molecule has 0 aliphatic carbocycles. The predicted molar refractivity (Wildman–Crippen MR) is 71.5 cm³/mol. The fourth-order valence-electron chi connectivity index (χ4n) is 1.77. The predicted octanol–water partition coefficient (Wildman–Crippen LogP) is 2.10. The van der Waals surface area contributed by atoms with E-state index < -0.39 is 0 Å². The summed E-state index contributed by atoms with van der Waals surface area (Å²) >= 11 is 0. The highest BCUT2D eigenvalue weighted by atomic mass is 16.3. The lowest BCUT2D eigenvalue weighted by molar-refractivity contribution is 0.103. The summed E-state index contributed by atoms with van der Waals surface area (Å²) < 4.78 is 0. The quantitative estimate of drug-likeness (QED) is 0.427. The Morgan fingerprint density at radius 2 is 1.72 bits per heavy atom. The van der Waals surface area contributed by atoms with Crippen LogP contribution in [0.5, 0.6) is 5.75 Å². The smallest absolute Gasteiger partial charge is 0.196 e. The summed E-state index contributed by atoms with van der Waals surface area (Å²) in [7, 11) is 0. The van der Waals surface area contributed by atoms with Gasteiger partial charge in [-0.2, -0.15) is 0 Å². The van der Waals surface area contributed by atoms with Gasteiger partial charge in [0.15, 0.2) is 5.78 Å². The summed E-state index contributed by atoms with van der Waals surface area (Å²) in [5, 5.41) is 9.84. The molecule has 2 aromatic rings. The molecule has 0 aromatic heterocycles. The van der Waals surface area contributed by atoms with E-state index in [-0.39, 0.29) is 22.8 Å². The van der Waals surface area contributed by atoms with E-state index in [4.69, 9.17) is 11.5 Å². The SMILES string of the molecule is Cc1cc(N)c(O)c(C(=O)c2ccc(N)cc2)c1. The van der Waals surface area contributed by atoms with Crippen LogP contribution in [0.2, 0.25) is 0 Å². The lowest BCUT2D eigenvalue weighted by atomic mass is 9.99. The molecule has 0 aliphatic heterocycles. The fraction of sp³-hybridized carbons (Fsp3) is 0.0714. The van der Waals surface area contributed by atoms with Crippen LogP contribution in [-0.2, 0) is 0 Å². The third-order valence-electron chi connectivity index (χ3n) is 2.70. The number of benzene rings is 2. The molecule has 0 saturated heterocycles. The Bertz CT molecular complexity index is 604. The Labute approximate surface area is 105 Å². The van der Waals surface area contributed by atoms with Gasteiger partial charge in [-0.1, -0.05) is 0 Å². The van der Waals surface area contributed by atoms with Gasteiger partial charge < -0.3 is 16.6 Å². The highest BCUT2D eigenvalue weighted by molar-refractivity contribution is 6.11. The van der Waals surface area contributed by atoms with Crippen LogP contribution >= 0.6 is 0 Å². The van der Waals surface area contributed by atoms with E-state index in [2.05, 4.69) is 0 Å². The molecule has 0 atom stereocenters. The molecule has 18 heavy (non-hydrogen) atoms. The lowest BCUT2D eigenvalue weighted by Crippen LogP contribution is -2.04. The van der Waals surface area contributed by atoms with E-state index in [1.807, 2.05) is 6.92 Å². The molecule has 5 N–H and O–H groups in total. The van der Waals surface area contributed by atoms with Crippen molar-refractivity contribution < 1.29 is 9.90 Å². The van der Waals surface area contributed by atoms with E-state index in [9.17, 15) is 9.90 Å². The van der Waals surface area contributed by atoms with Gasteiger partial charge in [0.1, 0.15) is 5.75 Å². The van der Waals surface area contributed by atoms with E-state index in [1.165, 1.54) is 0 Å². The number of aryl methyl sites for hydroxylation is 1. The van der Waals surface area contributed by atoms with Crippen molar-refractivity contribution in [3.05, 3.63) is 53.1 Å². The second-order valence-corrected chi connectivity index (χ2v) is 4.20. The van der Waals surface area contributed by atoms with Crippen molar-refractivity contribution in [2.75, 3.05) is 11.5 Å². The van der Waals surface area contributed by atoms with Gasteiger partial charge in [0.25, 0.3) is 0 Å². The molecule has 0 aliphatic rings. The first-order valence-corrected chi connectivity index (χ1v) is 5.48. The molecular formula is C14H14N2O2. The van der Waals surface area contributed by atoms with Gasteiger partial charge in [0, 0.05) is 11.3 Å². The van der Waals surface area contributed by atoms with Crippen molar-refractivity contribution in [2.45, 2.75) is 6.92 Å². The average Bonchev–Trinajstić information content (AvgIpc) is 2.34. The van der Waals surface area contributed by atoms with Crippen molar-refractivity contribution in [1.82, 2.24) is 0 Å². The van der Waals surface area contributed by atoms with Crippen LogP contribution in [-0.4, -0.2) is 10.9 Å². The number of aromatic hydroxyl groups is 1. The maximum absolute atomic E-state index is 12.2. The van der Waals surface area contributed by atoms with E-state index >= 15 is 0 Å². The highest BCUT2D eigenvalue weighted by Gasteiger charge is 2.15. The monoisotopic (exact) mass is 242 g/mol. The molecular weight excluding hydrogens is 228 g/mol. The van der Waals surface area contributed by atoms with Gasteiger partial charge in [-0.15, -0.1) is 0 Å². The highest BCUT2D eigenvalue weighted by Crippen LogP contribution is 2.28. The zero-order valence-corrected chi connectivity index (χ0v) is 9.97. The molecule has 92 valence electrons. The minimum atomic E-state index is -0.275. The van der Waals surface area contributed by atoms with Crippen molar-refractivity contribution in [2.24, 2.45) is 0 Å². The Morgan fingerprint density at radius 3 is 2.33 bits per heavy atom. The molecule has 0 fully saturated rings. The van der Waals surface area contributed by atoms with Crippen LogP contribution in [0.1, 0.15) is 21.5 Å². The lowest BCUT2D eigenvalue weighted by Gasteiger charge is -2.08. The zero-order valence-electron chi connectivity index (χ0n) is 9.97. The normalized spacial score (nSPS) is 10.3. The number of nitrogens with two attached hydrogens (primary N) is 2. The van der Waals surface area contributed by atoms with Crippen LogP contribution in [0.15, 0.2) is 36.4 Å². The standard InChI is InChI=1S/C14H14N2O2/c1-8-6-11(14(18)12(16)7-8)13(17)9-2-4-10(15)5-3-9/h2-7,18H,15-16H2,1H3. The summed E-state index contributed by atoms with van der Waals surface area (Å²) in [6.45, 7) is 1.82. The maximum Gasteiger partial charge on any atom is 0.196 e. The zero-order chi connectivity index (χ0) is 13.3. The van der Waals surface area contributed by atoms with Gasteiger partial charge in [0.2, 0.25) is 0 Å². The molecule has 0 spiro atoms.